The summed E-state index contributed by atoms with van der Waals surface area (Å²) in [4.78, 5) is 0.305. The highest BCUT2D eigenvalue weighted by Crippen LogP contribution is 2.26. The molecule has 1 atom stereocenters. The molecule has 0 aromatic heterocycles. The Morgan fingerprint density at radius 2 is 2.00 bits per heavy atom. The molecule has 6 heteroatoms. The predicted molar refractivity (Wildman–Crippen MR) is 82.7 cm³/mol. The standard InChI is InChI=1S/C15H24N2O3S/c1-12(2)11-20-14-5-7-15(8-6-14)21(18,19)17-9-3-4-13(17)10-16/h5-8,12-13H,3-4,9-11,16H2,1-2H3. The molecule has 0 radical (unpaired) electrons. The first-order valence-corrected chi connectivity index (χ1v) is 8.84. The second kappa shape index (κ2) is 6.77. The van der Waals surface area contributed by atoms with Gasteiger partial charge in [0.15, 0.2) is 0 Å². The van der Waals surface area contributed by atoms with Gasteiger partial charge in [0.1, 0.15) is 5.75 Å². The summed E-state index contributed by atoms with van der Waals surface area (Å²) >= 11 is 0. The van der Waals surface area contributed by atoms with Crippen LogP contribution >= 0.6 is 0 Å². The smallest absolute Gasteiger partial charge is 0.243 e. The van der Waals surface area contributed by atoms with E-state index in [9.17, 15) is 8.42 Å². The zero-order valence-corrected chi connectivity index (χ0v) is 13.5. The molecule has 1 saturated heterocycles. The fourth-order valence-corrected chi connectivity index (χ4v) is 4.17. The van der Waals surface area contributed by atoms with Crippen molar-refractivity contribution in [2.45, 2.75) is 37.6 Å². The Hall–Kier alpha value is -1.11. The zero-order valence-electron chi connectivity index (χ0n) is 12.7. The molecular formula is C15H24N2O3S. The van der Waals surface area contributed by atoms with Crippen molar-refractivity contribution in [3.8, 4) is 5.75 Å². The molecule has 2 N–H and O–H groups in total. The Balaban J connectivity index is 2.13. The van der Waals surface area contributed by atoms with Crippen molar-refractivity contribution < 1.29 is 13.2 Å². The number of hydrogen-bond donors (Lipinski definition) is 1. The molecule has 1 aliphatic rings. The third-order valence-electron chi connectivity index (χ3n) is 3.61. The lowest BCUT2D eigenvalue weighted by atomic mass is 10.2. The van der Waals surface area contributed by atoms with Crippen LogP contribution in [-0.4, -0.2) is 38.5 Å². The molecule has 0 spiro atoms. The summed E-state index contributed by atoms with van der Waals surface area (Å²) in [7, 11) is -3.45. The van der Waals surface area contributed by atoms with Crippen LogP contribution in [0, 0.1) is 5.92 Å². The first kappa shape index (κ1) is 16.3. The molecule has 118 valence electrons. The van der Waals surface area contributed by atoms with Crippen LogP contribution in [-0.2, 0) is 10.0 Å². The molecule has 21 heavy (non-hydrogen) atoms. The van der Waals surface area contributed by atoms with E-state index >= 15 is 0 Å². The van der Waals surface area contributed by atoms with Crippen LogP contribution in [0.3, 0.4) is 0 Å². The number of nitrogens with two attached hydrogens (primary N) is 1. The lowest BCUT2D eigenvalue weighted by molar-refractivity contribution is 0.271. The maximum absolute atomic E-state index is 12.6. The van der Waals surface area contributed by atoms with E-state index in [4.69, 9.17) is 10.5 Å². The fourth-order valence-electron chi connectivity index (χ4n) is 2.47. The van der Waals surface area contributed by atoms with Gasteiger partial charge in [-0.2, -0.15) is 4.31 Å². The molecule has 1 heterocycles. The first-order chi connectivity index (χ1) is 9.95. The second-order valence-corrected chi connectivity index (χ2v) is 7.71. The van der Waals surface area contributed by atoms with Crippen molar-refractivity contribution in [1.29, 1.82) is 0 Å². The van der Waals surface area contributed by atoms with Gasteiger partial charge in [-0.05, 0) is 43.0 Å². The van der Waals surface area contributed by atoms with Gasteiger partial charge in [-0.1, -0.05) is 13.8 Å². The van der Waals surface area contributed by atoms with E-state index in [0.29, 0.717) is 36.3 Å². The largest absolute Gasteiger partial charge is 0.493 e. The van der Waals surface area contributed by atoms with Crippen LogP contribution in [0.2, 0.25) is 0 Å². The minimum atomic E-state index is -3.45. The van der Waals surface area contributed by atoms with Crippen LogP contribution in [0.5, 0.6) is 5.75 Å². The normalized spacial score (nSPS) is 20.1. The van der Waals surface area contributed by atoms with Crippen molar-refractivity contribution >= 4 is 10.0 Å². The highest BCUT2D eigenvalue weighted by Gasteiger charge is 2.34. The molecular weight excluding hydrogens is 288 g/mol. The highest BCUT2D eigenvalue weighted by atomic mass is 32.2. The van der Waals surface area contributed by atoms with E-state index in [1.54, 1.807) is 24.3 Å². The molecule has 1 aromatic carbocycles. The number of benzene rings is 1. The molecule has 0 saturated carbocycles. The summed E-state index contributed by atoms with van der Waals surface area (Å²) in [6, 6.07) is 6.56. The Kier molecular flexibility index (Phi) is 5.24. The van der Waals surface area contributed by atoms with Crippen molar-refractivity contribution in [2.24, 2.45) is 11.7 Å². The molecule has 1 aliphatic heterocycles. The summed E-state index contributed by atoms with van der Waals surface area (Å²) in [5.41, 5.74) is 5.66. The summed E-state index contributed by atoms with van der Waals surface area (Å²) in [6.45, 7) is 5.68. The summed E-state index contributed by atoms with van der Waals surface area (Å²) < 4.78 is 32.3. The van der Waals surface area contributed by atoms with Crippen molar-refractivity contribution in [1.82, 2.24) is 4.31 Å². The van der Waals surface area contributed by atoms with Crippen LogP contribution < -0.4 is 10.5 Å². The SMILES string of the molecule is CC(C)COc1ccc(S(=O)(=O)N2CCCC2CN)cc1. The van der Waals surface area contributed by atoms with Crippen molar-refractivity contribution in [3.63, 3.8) is 0 Å². The maximum Gasteiger partial charge on any atom is 0.243 e. The number of rotatable bonds is 6. The Bertz CT molecular complexity index is 555. The topological polar surface area (TPSA) is 72.6 Å². The van der Waals surface area contributed by atoms with E-state index < -0.39 is 10.0 Å². The van der Waals surface area contributed by atoms with Crippen LogP contribution in [0.25, 0.3) is 0 Å². The predicted octanol–water partition coefficient (Wildman–Crippen LogP) is 1.83. The quantitative estimate of drug-likeness (QED) is 0.870. The molecule has 5 nitrogen and oxygen atoms in total. The molecule has 1 fully saturated rings. The summed E-state index contributed by atoms with van der Waals surface area (Å²) in [5.74, 6) is 1.13. The Morgan fingerprint density at radius 3 is 2.57 bits per heavy atom. The molecule has 1 unspecified atom stereocenters. The molecule has 0 bridgehead atoms. The van der Waals surface area contributed by atoms with Gasteiger partial charge in [-0.3, -0.25) is 0 Å². The third kappa shape index (κ3) is 3.75. The van der Waals surface area contributed by atoms with E-state index in [0.717, 1.165) is 12.8 Å². The van der Waals surface area contributed by atoms with Gasteiger partial charge in [0.05, 0.1) is 11.5 Å². The number of ether oxygens (including phenoxy) is 1. The van der Waals surface area contributed by atoms with Crippen LogP contribution in [0.15, 0.2) is 29.2 Å². The summed E-state index contributed by atoms with van der Waals surface area (Å²) in [5, 5.41) is 0. The average molecular weight is 312 g/mol. The summed E-state index contributed by atoms with van der Waals surface area (Å²) in [6.07, 6.45) is 1.71. The lowest BCUT2D eigenvalue weighted by Gasteiger charge is -2.22. The molecule has 0 amide bonds. The maximum atomic E-state index is 12.6. The average Bonchev–Trinajstić information content (AvgIpc) is 2.94. The zero-order chi connectivity index (χ0) is 15.5. The van der Waals surface area contributed by atoms with Gasteiger partial charge in [0.25, 0.3) is 0 Å². The Labute approximate surface area is 127 Å². The highest BCUT2D eigenvalue weighted by molar-refractivity contribution is 7.89. The van der Waals surface area contributed by atoms with Crippen molar-refractivity contribution in [2.75, 3.05) is 19.7 Å². The van der Waals surface area contributed by atoms with Crippen LogP contribution in [0.1, 0.15) is 26.7 Å². The number of nitrogens with zero attached hydrogens (tertiary/aromatic N) is 1. The minimum Gasteiger partial charge on any atom is -0.493 e. The van der Waals surface area contributed by atoms with Gasteiger partial charge < -0.3 is 10.5 Å². The van der Waals surface area contributed by atoms with Gasteiger partial charge >= 0.3 is 0 Å². The van der Waals surface area contributed by atoms with Gasteiger partial charge in [-0.15, -0.1) is 0 Å². The van der Waals surface area contributed by atoms with E-state index in [1.807, 2.05) is 0 Å². The van der Waals surface area contributed by atoms with Crippen molar-refractivity contribution in [3.05, 3.63) is 24.3 Å². The fraction of sp³-hybridized carbons (Fsp3) is 0.600. The lowest BCUT2D eigenvalue weighted by Crippen LogP contribution is -2.39. The van der Waals surface area contributed by atoms with Gasteiger partial charge in [0.2, 0.25) is 10.0 Å². The first-order valence-electron chi connectivity index (χ1n) is 7.40. The van der Waals surface area contributed by atoms with E-state index in [2.05, 4.69) is 13.8 Å². The molecule has 2 rings (SSSR count). The molecule has 0 aliphatic carbocycles. The van der Waals surface area contributed by atoms with Gasteiger partial charge in [0, 0.05) is 19.1 Å². The van der Waals surface area contributed by atoms with E-state index in [-0.39, 0.29) is 6.04 Å². The number of hydrogen-bond acceptors (Lipinski definition) is 4. The monoisotopic (exact) mass is 312 g/mol. The number of sulfonamides is 1. The van der Waals surface area contributed by atoms with Crippen LogP contribution in [0.4, 0.5) is 0 Å². The Morgan fingerprint density at radius 1 is 1.33 bits per heavy atom. The minimum absolute atomic E-state index is 0.0770. The van der Waals surface area contributed by atoms with E-state index in [1.165, 1.54) is 4.31 Å². The second-order valence-electron chi connectivity index (χ2n) is 5.82. The molecule has 1 aromatic rings. The third-order valence-corrected chi connectivity index (χ3v) is 5.57. The van der Waals surface area contributed by atoms with Gasteiger partial charge in [-0.25, -0.2) is 8.42 Å².